The van der Waals surface area contributed by atoms with Crippen molar-refractivity contribution in [2.75, 3.05) is 0 Å². The maximum absolute atomic E-state index is 9.92. The minimum absolute atomic E-state index is 0.201. The summed E-state index contributed by atoms with van der Waals surface area (Å²) >= 11 is 0. The third kappa shape index (κ3) is 9.85. The molecule has 3 heteroatoms. The molecule has 0 aliphatic heterocycles. The molecule has 0 amide bonds. The van der Waals surface area contributed by atoms with E-state index in [1.54, 1.807) is 6.92 Å². The largest absolute Gasteiger partial charge is 0.368 e. The molecule has 0 heterocycles. The van der Waals surface area contributed by atoms with E-state index < -0.39 is 5.72 Å². The van der Waals surface area contributed by atoms with E-state index in [0.717, 1.165) is 12.8 Å². The summed E-state index contributed by atoms with van der Waals surface area (Å²) in [6.07, 6.45) is 5.33. The monoisotopic (exact) mass is 214 g/mol. The molecular weight excluding hydrogens is 188 g/mol. The number of hydrogen-bond donors (Lipinski definition) is 1. The van der Waals surface area contributed by atoms with Gasteiger partial charge in [-0.25, -0.2) is 0 Å². The Balaban J connectivity index is 3.91. The fraction of sp³-hybridized carbons (Fsp3) is 1.00. The molecule has 0 aromatic rings. The number of aliphatic hydroxyl groups is 1. The minimum Gasteiger partial charge on any atom is -0.368 e. The highest BCUT2D eigenvalue weighted by molar-refractivity contribution is 4.72. The highest BCUT2D eigenvalue weighted by Gasteiger charge is 2.19. The van der Waals surface area contributed by atoms with Crippen LogP contribution in [0, 0.1) is 0 Å². The van der Waals surface area contributed by atoms with Gasteiger partial charge in [0.15, 0.2) is 5.72 Å². The van der Waals surface area contributed by atoms with Gasteiger partial charge in [0.25, 0.3) is 0 Å². The van der Waals surface area contributed by atoms with Crippen molar-refractivity contribution < 1.29 is 5.11 Å². The first-order valence-electron chi connectivity index (χ1n) is 5.93. The predicted molar refractivity (Wildman–Crippen MR) is 64.0 cm³/mol. The summed E-state index contributed by atoms with van der Waals surface area (Å²) in [5, 5.41) is 18.0. The number of nitrogens with zero attached hydrogens (tertiary/aromatic N) is 2. The van der Waals surface area contributed by atoms with Crippen LogP contribution in [0.1, 0.15) is 66.7 Å². The van der Waals surface area contributed by atoms with Crippen molar-refractivity contribution in [3.05, 3.63) is 0 Å². The van der Waals surface area contributed by atoms with E-state index >= 15 is 0 Å². The topological polar surface area (TPSA) is 45.0 Å². The lowest BCUT2D eigenvalue weighted by Gasteiger charge is -2.19. The first kappa shape index (κ1) is 14.6. The first-order valence-corrected chi connectivity index (χ1v) is 5.93. The smallest absolute Gasteiger partial charge is 0.173 e. The third-order valence-electron chi connectivity index (χ3n) is 2.07. The van der Waals surface area contributed by atoms with Crippen LogP contribution in [-0.4, -0.2) is 16.4 Å². The van der Waals surface area contributed by atoms with Gasteiger partial charge >= 0.3 is 0 Å². The second-order valence-electron chi connectivity index (χ2n) is 5.40. The zero-order valence-corrected chi connectivity index (χ0v) is 10.9. The summed E-state index contributed by atoms with van der Waals surface area (Å²) < 4.78 is 0. The normalized spacial score (nSPS) is 16.9. The highest BCUT2D eigenvalue weighted by Crippen LogP contribution is 2.19. The Morgan fingerprint density at radius 2 is 1.53 bits per heavy atom. The molecule has 90 valence electrons. The summed E-state index contributed by atoms with van der Waals surface area (Å²) in [4.78, 5) is 0. The molecule has 0 radical (unpaired) electrons. The molecule has 0 aromatic heterocycles. The second kappa shape index (κ2) is 6.21. The van der Waals surface area contributed by atoms with Gasteiger partial charge in [-0.3, -0.25) is 0 Å². The molecule has 1 N–H and O–H groups in total. The Morgan fingerprint density at radius 3 is 2.00 bits per heavy atom. The molecular formula is C12H26N2O. The number of unbranched alkanes of at least 4 members (excludes halogenated alkanes) is 3. The lowest BCUT2D eigenvalue weighted by Crippen LogP contribution is -2.22. The van der Waals surface area contributed by atoms with Gasteiger partial charge in [-0.05, 0) is 40.5 Å². The van der Waals surface area contributed by atoms with E-state index in [1.165, 1.54) is 12.8 Å². The standard InChI is InChI=1S/C12H26N2O/c1-6-7-8-9-10-12(5,15)14-13-11(2,3)4/h15H,6-10H2,1-5H3/b14-13+. The summed E-state index contributed by atoms with van der Waals surface area (Å²) in [6, 6.07) is 0. The molecule has 0 saturated carbocycles. The van der Waals surface area contributed by atoms with Gasteiger partial charge in [-0.1, -0.05) is 26.2 Å². The molecule has 0 aromatic carbocycles. The van der Waals surface area contributed by atoms with Gasteiger partial charge in [-0.2, -0.15) is 10.2 Å². The van der Waals surface area contributed by atoms with Crippen LogP contribution in [0.25, 0.3) is 0 Å². The van der Waals surface area contributed by atoms with E-state index in [9.17, 15) is 5.11 Å². The zero-order valence-electron chi connectivity index (χ0n) is 10.9. The van der Waals surface area contributed by atoms with E-state index in [1.807, 2.05) is 20.8 Å². The predicted octanol–water partition coefficient (Wildman–Crippen LogP) is 3.92. The Bertz CT molecular complexity index is 192. The fourth-order valence-corrected chi connectivity index (χ4v) is 1.19. The van der Waals surface area contributed by atoms with Crippen LogP contribution < -0.4 is 0 Å². The van der Waals surface area contributed by atoms with Gasteiger partial charge < -0.3 is 5.11 Å². The van der Waals surface area contributed by atoms with Gasteiger partial charge in [-0.15, -0.1) is 0 Å². The maximum atomic E-state index is 9.92. The van der Waals surface area contributed by atoms with Crippen molar-refractivity contribution in [2.45, 2.75) is 78.0 Å². The first-order chi connectivity index (χ1) is 6.77. The van der Waals surface area contributed by atoms with E-state index in [2.05, 4.69) is 17.2 Å². The molecule has 3 nitrogen and oxygen atoms in total. The summed E-state index contributed by atoms with van der Waals surface area (Å²) in [5.41, 5.74) is -1.19. The Hall–Kier alpha value is -0.440. The Kier molecular flexibility index (Phi) is 6.03. The molecule has 1 atom stereocenters. The molecule has 0 saturated heterocycles. The van der Waals surface area contributed by atoms with Gasteiger partial charge in [0.05, 0.1) is 5.54 Å². The van der Waals surface area contributed by atoms with Gasteiger partial charge in [0.1, 0.15) is 0 Å². The molecule has 0 aliphatic carbocycles. The average Bonchev–Trinajstić information content (AvgIpc) is 2.09. The lowest BCUT2D eigenvalue weighted by atomic mass is 10.1. The third-order valence-corrected chi connectivity index (χ3v) is 2.07. The number of azo groups is 1. The molecule has 0 rings (SSSR count). The van der Waals surface area contributed by atoms with E-state index in [0.29, 0.717) is 6.42 Å². The molecule has 0 spiro atoms. The lowest BCUT2D eigenvalue weighted by molar-refractivity contribution is 0.0468. The van der Waals surface area contributed by atoms with Gasteiger partial charge in [0.2, 0.25) is 0 Å². The van der Waals surface area contributed by atoms with E-state index in [4.69, 9.17) is 0 Å². The van der Waals surface area contributed by atoms with Crippen molar-refractivity contribution >= 4 is 0 Å². The quantitative estimate of drug-likeness (QED) is 0.528. The molecule has 0 fully saturated rings. The Labute approximate surface area is 94.0 Å². The van der Waals surface area contributed by atoms with Gasteiger partial charge in [0, 0.05) is 0 Å². The highest BCUT2D eigenvalue weighted by atomic mass is 16.3. The van der Waals surface area contributed by atoms with Crippen molar-refractivity contribution in [3.63, 3.8) is 0 Å². The number of rotatable bonds is 6. The number of hydrogen-bond acceptors (Lipinski definition) is 3. The van der Waals surface area contributed by atoms with Crippen LogP contribution in [0.2, 0.25) is 0 Å². The van der Waals surface area contributed by atoms with Crippen LogP contribution in [-0.2, 0) is 0 Å². The average molecular weight is 214 g/mol. The van der Waals surface area contributed by atoms with Crippen LogP contribution in [0.15, 0.2) is 10.2 Å². The SMILES string of the molecule is CCCCCCC(C)(O)/N=N/C(C)(C)C. The fourth-order valence-electron chi connectivity index (χ4n) is 1.19. The molecule has 1 unspecified atom stereocenters. The minimum atomic E-state index is -0.985. The van der Waals surface area contributed by atoms with Crippen molar-refractivity contribution in [3.8, 4) is 0 Å². The van der Waals surface area contributed by atoms with Crippen LogP contribution >= 0.6 is 0 Å². The van der Waals surface area contributed by atoms with Crippen LogP contribution in [0.4, 0.5) is 0 Å². The summed E-state index contributed by atoms with van der Waals surface area (Å²) in [7, 11) is 0. The van der Waals surface area contributed by atoms with Crippen molar-refractivity contribution in [1.82, 2.24) is 0 Å². The molecule has 15 heavy (non-hydrogen) atoms. The van der Waals surface area contributed by atoms with E-state index in [-0.39, 0.29) is 5.54 Å². The Morgan fingerprint density at radius 1 is 0.933 bits per heavy atom. The summed E-state index contributed by atoms with van der Waals surface area (Å²) in [5.74, 6) is 0. The zero-order chi connectivity index (χ0) is 11.9. The summed E-state index contributed by atoms with van der Waals surface area (Å²) in [6.45, 7) is 9.84. The molecule has 0 aliphatic rings. The van der Waals surface area contributed by atoms with Crippen molar-refractivity contribution in [2.24, 2.45) is 10.2 Å². The second-order valence-corrected chi connectivity index (χ2v) is 5.40. The van der Waals surface area contributed by atoms with Crippen LogP contribution in [0.3, 0.4) is 0 Å². The van der Waals surface area contributed by atoms with Crippen LogP contribution in [0.5, 0.6) is 0 Å². The molecule has 0 bridgehead atoms. The maximum Gasteiger partial charge on any atom is 0.173 e. The van der Waals surface area contributed by atoms with Crippen molar-refractivity contribution in [1.29, 1.82) is 0 Å².